The van der Waals surface area contributed by atoms with Crippen molar-refractivity contribution in [1.82, 2.24) is 9.55 Å². The summed E-state index contributed by atoms with van der Waals surface area (Å²) in [6.07, 6.45) is 2.48. The summed E-state index contributed by atoms with van der Waals surface area (Å²) < 4.78 is 26.9. The van der Waals surface area contributed by atoms with Gasteiger partial charge in [0.2, 0.25) is 0 Å². The molecule has 7 heteroatoms. The fourth-order valence-electron chi connectivity index (χ4n) is 1.42. The number of halogens is 2. The van der Waals surface area contributed by atoms with E-state index in [2.05, 4.69) is 4.98 Å². The number of H-pyrrole nitrogens is 1. The van der Waals surface area contributed by atoms with E-state index in [1.165, 1.54) is 12.4 Å². The van der Waals surface area contributed by atoms with E-state index >= 15 is 0 Å². The molecule has 0 bridgehead atoms. The summed E-state index contributed by atoms with van der Waals surface area (Å²) in [5.41, 5.74) is -1.37. The number of imidazole rings is 1. The molecule has 0 amide bonds. The zero-order valence-corrected chi connectivity index (χ0v) is 8.28. The van der Waals surface area contributed by atoms with Gasteiger partial charge in [0, 0.05) is 18.5 Å². The minimum atomic E-state index is -1.45. The first-order valence-corrected chi connectivity index (χ1v) is 4.49. The molecule has 0 atom stereocenters. The molecule has 0 unspecified atom stereocenters. The molecular weight excluding hydrogens is 234 g/mol. The first-order chi connectivity index (χ1) is 8.00. The number of carbonyl (C=O) groups is 1. The van der Waals surface area contributed by atoms with Crippen molar-refractivity contribution in [2.75, 3.05) is 0 Å². The average Bonchev–Trinajstić information content (AvgIpc) is 2.67. The molecule has 0 aliphatic heterocycles. The lowest BCUT2D eigenvalue weighted by Gasteiger charge is -2.06. The molecule has 2 N–H and O–H groups in total. The Balaban J connectivity index is 2.77. The second kappa shape index (κ2) is 3.85. The van der Waals surface area contributed by atoms with Crippen LogP contribution in [-0.2, 0) is 0 Å². The molecule has 0 aliphatic carbocycles. The maximum absolute atomic E-state index is 13.1. The van der Waals surface area contributed by atoms with E-state index in [1.54, 1.807) is 0 Å². The number of benzene rings is 1. The highest BCUT2D eigenvalue weighted by Gasteiger charge is 2.17. The molecule has 17 heavy (non-hydrogen) atoms. The van der Waals surface area contributed by atoms with Gasteiger partial charge >= 0.3 is 11.7 Å². The topological polar surface area (TPSA) is 75.1 Å². The summed E-state index contributed by atoms with van der Waals surface area (Å²) in [6.45, 7) is 0. The van der Waals surface area contributed by atoms with Crippen molar-refractivity contribution in [3.8, 4) is 5.69 Å². The number of nitrogens with zero attached hydrogens (tertiary/aromatic N) is 1. The van der Waals surface area contributed by atoms with Crippen molar-refractivity contribution >= 4 is 5.97 Å². The number of carboxylic acid groups (broad SMARTS) is 1. The summed E-state index contributed by atoms with van der Waals surface area (Å²) in [5, 5.41) is 8.86. The zero-order chi connectivity index (χ0) is 12.6. The number of hydrogen-bond acceptors (Lipinski definition) is 2. The van der Waals surface area contributed by atoms with Gasteiger partial charge in [-0.1, -0.05) is 0 Å². The van der Waals surface area contributed by atoms with E-state index < -0.39 is 28.9 Å². The molecule has 0 saturated heterocycles. The van der Waals surface area contributed by atoms with Crippen LogP contribution in [0.2, 0.25) is 0 Å². The van der Waals surface area contributed by atoms with E-state index in [-0.39, 0.29) is 5.69 Å². The molecule has 0 fully saturated rings. The van der Waals surface area contributed by atoms with Gasteiger partial charge in [0.1, 0.15) is 0 Å². The summed E-state index contributed by atoms with van der Waals surface area (Å²) in [5.74, 6) is -3.96. The summed E-state index contributed by atoms with van der Waals surface area (Å²) in [6, 6.07) is 1.19. The number of carboxylic acids is 1. The largest absolute Gasteiger partial charge is 0.478 e. The van der Waals surface area contributed by atoms with Crippen LogP contribution in [0.25, 0.3) is 5.69 Å². The Morgan fingerprint density at radius 2 is 1.94 bits per heavy atom. The molecule has 5 nitrogen and oxygen atoms in total. The lowest BCUT2D eigenvalue weighted by molar-refractivity contribution is 0.0696. The normalized spacial score (nSPS) is 10.5. The molecule has 0 saturated carbocycles. The average molecular weight is 240 g/mol. The Hall–Kier alpha value is -2.44. The van der Waals surface area contributed by atoms with Crippen LogP contribution in [0.1, 0.15) is 10.4 Å². The van der Waals surface area contributed by atoms with Crippen LogP contribution in [0, 0.1) is 11.6 Å². The van der Waals surface area contributed by atoms with Gasteiger partial charge in [-0.05, 0) is 6.07 Å². The number of aromatic nitrogens is 2. The highest BCUT2D eigenvalue weighted by atomic mass is 19.2. The molecule has 0 spiro atoms. The van der Waals surface area contributed by atoms with Crippen molar-refractivity contribution in [3.63, 3.8) is 0 Å². The van der Waals surface area contributed by atoms with E-state index in [0.29, 0.717) is 12.1 Å². The Morgan fingerprint density at radius 3 is 2.47 bits per heavy atom. The molecule has 1 aromatic carbocycles. The van der Waals surface area contributed by atoms with E-state index in [1.807, 2.05) is 0 Å². The fourth-order valence-corrected chi connectivity index (χ4v) is 1.42. The molecule has 0 radical (unpaired) electrons. The first-order valence-electron chi connectivity index (χ1n) is 4.49. The minimum Gasteiger partial charge on any atom is -0.478 e. The number of aromatic amines is 1. The predicted molar refractivity (Wildman–Crippen MR) is 53.3 cm³/mol. The van der Waals surface area contributed by atoms with Crippen LogP contribution in [0.4, 0.5) is 8.78 Å². The van der Waals surface area contributed by atoms with Crippen molar-refractivity contribution < 1.29 is 18.7 Å². The Morgan fingerprint density at radius 1 is 1.29 bits per heavy atom. The van der Waals surface area contributed by atoms with E-state index in [9.17, 15) is 18.4 Å². The summed E-state index contributed by atoms with van der Waals surface area (Å²) in [4.78, 5) is 24.4. The van der Waals surface area contributed by atoms with E-state index in [4.69, 9.17) is 5.11 Å². The third kappa shape index (κ3) is 1.82. The predicted octanol–water partition coefficient (Wildman–Crippen LogP) is 1.14. The van der Waals surface area contributed by atoms with Gasteiger partial charge in [-0.25, -0.2) is 18.4 Å². The van der Waals surface area contributed by atoms with Crippen LogP contribution in [0.5, 0.6) is 0 Å². The lowest BCUT2D eigenvalue weighted by atomic mass is 10.1. The van der Waals surface area contributed by atoms with Gasteiger partial charge in [0.25, 0.3) is 0 Å². The molecule has 1 aromatic heterocycles. The van der Waals surface area contributed by atoms with Gasteiger partial charge in [-0.3, -0.25) is 4.57 Å². The molecule has 0 aliphatic rings. The monoisotopic (exact) mass is 240 g/mol. The smallest absolute Gasteiger partial charge is 0.337 e. The van der Waals surface area contributed by atoms with Crippen LogP contribution in [0.15, 0.2) is 29.3 Å². The van der Waals surface area contributed by atoms with Crippen LogP contribution >= 0.6 is 0 Å². The minimum absolute atomic E-state index is 0.234. The van der Waals surface area contributed by atoms with Gasteiger partial charge in [-0.2, -0.15) is 0 Å². The second-order valence-electron chi connectivity index (χ2n) is 3.22. The van der Waals surface area contributed by atoms with Crippen molar-refractivity contribution in [2.45, 2.75) is 0 Å². The van der Waals surface area contributed by atoms with Crippen LogP contribution < -0.4 is 5.69 Å². The number of rotatable bonds is 2. The Kier molecular flexibility index (Phi) is 2.51. The fraction of sp³-hybridized carbons (Fsp3) is 0. The van der Waals surface area contributed by atoms with Gasteiger partial charge in [0.15, 0.2) is 11.6 Å². The van der Waals surface area contributed by atoms with Gasteiger partial charge < -0.3 is 10.1 Å². The maximum Gasteiger partial charge on any atom is 0.337 e. The molecule has 2 aromatic rings. The van der Waals surface area contributed by atoms with Gasteiger partial charge in [-0.15, -0.1) is 0 Å². The second-order valence-corrected chi connectivity index (χ2v) is 3.22. The summed E-state index contributed by atoms with van der Waals surface area (Å²) >= 11 is 0. The van der Waals surface area contributed by atoms with Gasteiger partial charge in [0.05, 0.1) is 11.3 Å². The van der Waals surface area contributed by atoms with E-state index in [0.717, 1.165) is 4.57 Å². The first kappa shape index (κ1) is 11.1. The Bertz CT molecular complexity index is 645. The quantitative estimate of drug-likeness (QED) is 0.826. The SMILES string of the molecule is O=C(O)c1cc(F)c(F)cc1-n1cc[nH]c1=O. The molecule has 1 heterocycles. The highest BCUT2D eigenvalue weighted by molar-refractivity contribution is 5.92. The highest BCUT2D eigenvalue weighted by Crippen LogP contribution is 2.18. The maximum atomic E-state index is 13.1. The third-order valence-electron chi connectivity index (χ3n) is 2.18. The van der Waals surface area contributed by atoms with Crippen molar-refractivity contribution in [3.05, 3.63) is 52.2 Å². The zero-order valence-electron chi connectivity index (χ0n) is 8.28. The molecule has 2 rings (SSSR count). The molecule has 88 valence electrons. The van der Waals surface area contributed by atoms with Crippen molar-refractivity contribution in [2.24, 2.45) is 0 Å². The number of nitrogens with one attached hydrogen (secondary N) is 1. The third-order valence-corrected chi connectivity index (χ3v) is 2.18. The molecular formula is C10H6F2N2O3. The lowest BCUT2D eigenvalue weighted by Crippen LogP contribution is -2.17. The van der Waals surface area contributed by atoms with Crippen LogP contribution in [-0.4, -0.2) is 20.6 Å². The number of hydrogen-bond donors (Lipinski definition) is 2. The van der Waals surface area contributed by atoms with Crippen LogP contribution in [0.3, 0.4) is 0 Å². The Labute approximate surface area is 92.9 Å². The van der Waals surface area contributed by atoms with Crippen molar-refractivity contribution in [1.29, 1.82) is 0 Å². The number of aromatic carboxylic acids is 1. The standard InChI is InChI=1S/C10H6F2N2O3/c11-6-3-5(9(15)16)8(4-7(6)12)14-2-1-13-10(14)17/h1-4H,(H,13,17)(H,15,16). The summed E-state index contributed by atoms with van der Waals surface area (Å²) in [7, 11) is 0.